The average Bonchev–Trinajstić information content (AvgIpc) is 3.37. The predicted molar refractivity (Wildman–Crippen MR) is 156 cm³/mol. The van der Waals surface area contributed by atoms with Crippen molar-refractivity contribution >= 4 is 5.91 Å². The molecule has 0 bridgehead atoms. The van der Waals surface area contributed by atoms with Gasteiger partial charge in [0.05, 0.1) is 39.1 Å². The summed E-state index contributed by atoms with van der Waals surface area (Å²) in [7, 11) is 0. The molecule has 4 aromatic rings. The molecule has 0 spiro atoms. The smallest absolute Gasteiger partial charge is 0.254 e. The van der Waals surface area contributed by atoms with E-state index in [4.69, 9.17) is 18.9 Å². The Hall–Kier alpha value is -3.81. The van der Waals surface area contributed by atoms with Crippen LogP contribution in [-0.4, -0.2) is 48.4 Å². The lowest BCUT2D eigenvalue weighted by atomic mass is 9.96. The van der Waals surface area contributed by atoms with Crippen LogP contribution in [0.25, 0.3) is 0 Å². The quantitative estimate of drug-likeness (QED) is 0.237. The first-order valence-corrected chi connectivity index (χ1v) is 14.2. The van der Waals surface area contributed by atoms with Gasteiger partial charge in [-0.3, -0.25) is 4.79 Å². The van der Waals surface area contributed by atoms with Crippen molar-refractivity contribution in [2.45, 2.75) is 50.7 Å². The molecule has 1 fully saturated rings. The molecule has 6 nitrogen and oxygen atoms in total. The molecule has 2 aliphatic heterocycles. The lowest BCUT2D eigenvalue weighted by Gasteiger charge is -2.45. The molecule has 4 aromatic carbocycles. The topological polar surface area (TPSA) is 57.2 Å². The highest BCUT2D eigenvalue weighted by atomic mass is 16.6. The Kier molecular flexibility index (Phi) is 8.83. The summed E-state index contributed by atoms with van der Waals surface area (Å²) >= 11 is 0. The molecular weight excluding hydrogens is 514 g/mol. The normalized spacial score (nSPS) is 22.0. The molecule has 0 radical (unpaired) electrons. The van der Waals surface area contributed by atoms with E-state index in [1.54, 1.807) is 0 Å². The number of ether oxygens (including phenoxy) is 4. The third kappa shape index (κ3) is 6.58. The standard InChI is InChI=1S/C35H35NO5/c37-35-30-19-11-10-18-29(30)20-36(35)31-24-39-32(25-38-21-26-12-4-1-5-13-26)34(41-23-28-16-8-3-9-17-28)33(31)40-22-27-14-6-2-7-15-27/h1-19,31-34H,20-25H2/t31-,32?,33?,34?/m1/s1. The summed E-state index contributed by atoms with van der Waals surface area (Å²) in [5.41, 5.74) is 4.98. The summed E-state index contributed by atoms with van der Waals surface area (Å²) in [6.07, 6.45) is -1.24. The van der Waals surface area contributed by atoms with Crippen LogP contribution in [0.2, 0.25) is 0 Å². The minimum absolute atomic E-state index is 0.00287. The molecule has 210 valence electrons. The van der Waals surface area contributed by atoms with E-state index >= 15 is 0 Å². The second kappa shape index (κ2) is 13.2. The highest BCUT2D eigenvalue weighted by Gasteiger charge is 2.47. The van der Waals surface area contributed by atoms with Gasteiger partial charge < -0.3 is 23.8 Å². The fraction of sp³-hybridized carbons (Fsp3) is 0.286. The van der Waals surface area contributed by atoms with Crippen molar-refractivity contribution in [2.75, 3.05) is 13.2 Å². The number of fused-ring (bicyclic) bond motifs is 1. The van der Waals surface area contributed by atoms with E-state index in [-0.39, 0.29) is 18.1 Å². The van der Waals surface area contributed by atoms with E-state index in [1.165, 1.54) is 0 Å². The van der Waals surface area contributed by atoms with E-state index in [1.807, 2.05) is 120 Å². The van der Waals surface area contributed by atoms with Gasteiger partial charge >= 0.3 is 0 Å². The number of benzene rings is 4. The third-order valence-electron chi connectivity index (χ3n) is 7.76. The van der Waals surface area contributed by atoms with E-state index in [0.717, 1.165) is 27.8 Å². The summed E-state index contributed by atoms with van der Waals surface area (Å²) < 4.78 is 25.9. The Labute approximate surface area is 241 Å². The zero-order valence-corrected chi connectivity index (χ0v) is 23.0. The van der Waals surface area contributed by atoms with Crippen LogP contribution < -0.4 is 0 Å². The van der Waals surface area contributed by atoms with Crippen molar-refractivity contribution in [3.63, 3.8) is 0 Å². The van der Waals surface area contributed by atoms with Gasteiger partial charge in [0.25, 0.3) is 5.91 Å². The van der Waals surface area contributed by atoms with Crippen molar-refractivity contribution in [1.82, 2.24) is 4.90 Å². The number of hydrogen-bond donors (Lipinski definition) is 0. The van der Waals surface area contributed by atoms with E-state index in [2.05, 4.69) is 0 Å². The Bertz CT molecular complexity index is 1400. The molecule has 6 rings (SSSR count). The number of hydrogen-bond acceptors (Lipinski definition) is 5. The van der Waals surface area contributed by atoms with Crippen molar-refractivity contribution in [3.8, 4) is 0 Å². The van der Waals surface area contributed by atoms with Gasteiger partial charge in [0.2, 0.25) is 0 Å². The molecule has 0 saturated carbocycles. The summed E-state index contributed by atoms with van der Waals surface area (Å²) in [4.78, 5) is 15.5. The van der Waals surface area contributed by atoms with Crippen LogP contribution in [0.3, 0.4) is 0 Å². The fourth-order valence-corrected chi connectivity index (χ4v) is 5.61. The lowest BCUT2D eigenvalue weighted by molar-refractivity contribution is -0.219. The summed E-state index contributed by atoms with van der Waals surface area (Å²) in [6.45, 7) is 2.49. The number of carbonyl (C=O) groups is 1. The maximum atomic E-state index is 13.6. The van der Waals surface area contributed by atoms with Gasteiger partial charge in [-0.1, -0.05) is 109 Å². The van der Waals surface area contributed by atoms with Gasteiger partial charge in [0.15, 0.2) is 0 Å². The van der Waals surface area contributed by atoms with Gasteiger partial charge in [0.1, 0.15) is 18.3 Å². The number of amides is 1. The molecule has 2 aliphatic rings. The molecule has 3 unspecified atom stereocenters. The monoisotopic (exact) mass is 549 g/mol. The molecule has 1 saturated heterocycles. The first-order valence-electron chi connectivity index (χ1n) is 14.2. The summed E-state index contributed by atoms with van der Waals surface area (Å²) in [6, 6.07) is 37.8. The van der Waals surface area contributed by atoms with Crippen LogP contribution in [0.4, 0.5) is 0 Å². The van der Waals surface area contributed by atoms with Crippen LogP contribution >= 0.6 is 0 Å². The van der Waals surface area contributed by atoms with Crippen molar-refractivity contribution in [1.29, 1.82) is 0 Å². The second-order valence-electron chi connectivity index (χ2n) is 10.6. The predicted octanol–water partition coefficient (Wildman–Crippen LogP) is 5.80. The molecule has 0 aliphatic carbocycles. The minimum Gasteiger partial charge on any atom is -0.374 e. The van der Waals surface area contributed by atoms with Crippen molar-refractivity contribution in [3.05, 3.63) is 143 Å². The van der Waals surface area contributed by atoms with Crippen molar-refractivity contribution in [2.24, 2.45) is 0 Å². The molecule has 2 heterocycles. The van der Waals surface area contributed by atoms with E-state index in [0.29, 0.717) is 39.6 Å². The zero-order chi connectivity index (χ0) is 27.9. The number of nitrogens with zero attached hydrogens (tertiary/aromatic N) is 1. The Morgan fingerprint density at radius 3 is 1.80 bits per heavy atom. The average molecular weight is 550 g/mol. The highest BCUT2D eigenvalue weighted by Crippen LogP contribution is 2.32. The first kappa shape index (κ1) is 27.4. The van der Waals surface area contributed by atoms with Gasteiger partial charge in [-0.05, 0) is 28.3 Å². The summed E-state index contributed by atoms with van der Waals surface area (Å²) in [5, 5.41) is 0. The lowest BCUT2D eigenvalue weighted by Crippen LogP contribution is -2.61. The Morgan fingerprint density at radius 2 is 1.20 bits per heavy atom. The van der Waals surface area contributed by atoms with Gasteiger partial charge in [-0.15, -0.1) is 0 Å². The largest absolute Gasteiger partial charge is 0.374 e. The van der Waals surface area contributed by atoms with E-state index < -0.39 is 12.2 Å². The molecule has 0 aromatic heterocycles. The number of carbonyl (C=O) groups excluding carboxylic acids is 1. The maximum Gasteiger partial charge on any atom is 0.254 e. The van der Waals surface area contributed by atoms with E-state index in [9.17, 15) is 4.79 Å². The van der Waals surface area contributed by atoms with Crippen LogP contribution in [0.5, 0.6) is 0 Å². The van der Waals surface area contributed by atoms with Crippen LogP contribution in [0.1, 0.15) is 32.6 Å². The van der Waals surface area contributed by atoms with Gasteiger partial charge in [-0.25, -0.2) is 0 Å². The Balaban J connectivity index is 1.26. The van der Waals surface area contributed by atoms with Crippen LogP contribution in [0, 0.1) is 0 Å². The SMILES string of the molecule is O=C1c2ccccc2CN1[C@@H]1COC(COCc2ccccc2)C(OCc2ccccc2)C1OCc1ccccc1. The van der Waals surface area contributed by atoms with Crippen LogP contribution in [-0.2, 0) is 45.3 Å². The Morgan fingerprint density at radius 1 is 0.659 bits per heavy atom. The minimum atomic E-state index is -0.454. The third-order valence-corrected chi connectivity index (χ3v) is 7.76. The fourth-order valence-electron chi connectivity index (χ4n) is 5.61. The molecule has 0 N–H and O–H groups in total. The highest BCUT2D eigenvalue weighted by molar-refractivity contribution is 5.98. The maximum absolute atomic E-state index is 13.6. The molecular formula is C35H35NO5. The first-order chi connectivity index (χ1) is 20.3. The van der Waals surface area contributed by atoms with Crippen molar-refractivity contribution < 1.29 is 23.7 Å². The molecule has 1 amide bonds. The van der Waals surface area contributed by atoms with Gasteiger partial charge in [0, 0.05) is 12.1 Å². The molecule has 41 heavy (non-hydrogen) atoms. The number of rotatable bonds is 11. The molecule has 6 heteroatoms. The summed E-state index contributed by atoms with van der Waals surface area (Å²) in [5.74, 6) is 0.00287. The zero-order valence-electron chi connectivity index (χ0n) is 23.0. The van der Waals surface area contributed by atoms with Crippen LogP contribution in [0.15, 0.2) is 115 Å². The second-order valence-corrected chi connectivity index (χ2v) is 10.6. The molecule has 4 atom stereocenters. The van der Waals surface area contributed by atoms with Gasteiger partial charge in [-0.2, -0.15) is 0 Å².